The molecule has 1 saturated heterocycles. The Balaban J connectivity index is 1.76. The van der Waals surface area contributed by atoms with Crippen molar-refractivity contribution in [1.29, 1.82) is 0 Å². The highest BCUT2D eigenvalue weighted by atomic mass is 19.1. The second-order valence-electron chi connectivity index (χ2n) is 8.57. The third-order valence-electron chi connectivity index (χ3n) is 6.50. The smallest absolute Gasteiger partial charge is 0.251 e. The summed E-state index contributed by atoms with van der Waals surface area (Å²) in [6.07, 6.45) is 6.35. The van der Waals surface area contributed by atoms with Crippen molar-refractivity contribution in [3.05, 3.63) is 46.3 Å². The molecule has 7 heteroatoms. The van der Waals surface area contributed by atoms with Crippen LogP contribution in [0.15, 0.2) is 29.3 Å². The number of pyridine rings is 1. The first-order chi connectivity index (χ1) is 14.0. The number of nitrogens with two attached hydrogens (primary N) is 1. The molecule has 0 amide bonds. The second kappa shape index (κ2) is 6.69. The Hall–Kier alpha value is -2.67. The summed E-state index contributed by atoms with van der Waals surface area (Å²) in [6.45, 7) is 5.48. The molecule has 2 aliphatic rings. The topological polar surface area (TPSA) is 79.9 Å². The zero-order valence-corrected chi connectivity index (χ0v) is 16.8. The molecule has 6 nitrogen and oxygen atoms in total. The average molecular weight is 395 g/mol. The molecule has 0 bridgehead atoms. The van der Waals surface area contributed by atoms with Crippen molar-refractivity contribution in [3.8, 4) is 11.1 Å². The van der Waals surface area contributed by atoms with Gasteiger partial charge in [-0.1, -0.05) is 0 Å². The molecule has 152 valence electrons. The monoisotopic (exact) mass is 395 g/mol. The maximum atomic E-state index is 15.4. The summed E-state index contributed by atoms with van der Waals surface area (Å²) in [5.41, 5.74) is 9.86. The molecule has 1 aromatic carbocycles. The first kappa shape index (κ1) is 18.4. The van der Waals surface area contributed by atoms with Gasteiger partial charge in [-0.15, -0.1) is 0 Å². The van der Waals surface area contributed by atoms with Crippen LogP contribution in [0.2, 0.25) is 0 Å². The number of hydrogen-bond acceptors (Lipinski definition) is 4. The molecule has 0 unspecified atom stereocenters. The van der Waals surface area contributed by atoms with Gasteiger partial charge in [-0.05, 0) is 56.2 Å². The molecular formula is C22H26FN5O. The van der Waals surface area contributed by atoms with E-state index in [2.05, 4.69) is 15.1 Å². The summed E-state index contributed by atoms with van der Waals surface area (Å²) < 4.78 is 17.3. The molecule has 0 spiro atoms. The molecule has 1 aliphatic carbocycles. The van der Waals surface area contributed by atoms with Crippen molar-refractivity contribution in [1.82, 2.24) is 14.8 Å². The lowest BCUT2D eigenvalue weighted by atomic mass is 9.99. The summed E-state index contributed by atoms with van der Waals surface area (Å²) in [4.78, 5) is 15.2. The van der Waals surface area contributed by atoms with Gasteiger partial charge in [-0.2, -0.15) is 5.10 Å². The van der Waals surface area contributed by atoms with Gasteiger partial charge in [-0.25, -0.2) is 4.39 Å². The Morgan fingerprint density at radius 1 is 1.31 bits per heavy atom. The zero-order valence-electron chi connectivity index (χ0n) is 16.8. The normalized spacial score (nSPS) is 20.6. The van der Waals surface area contributed by atoms with E-state index in [0.29, 0.717) is 11.6 Å². The van der Waals surface area contributed by atoms with Gasteiger partial charge < -0.3 is 15.2 Å². The Bertz CT molecular complexity index is 1130. The highest BCUT2D eigenvalue weighted by Crippen LogP contribution is 2.42. The standard InChI is InChI=1S/C22H26FN5O/c1-12-21-18(7-19(23)22(12)27-6-5-14(11-27)13(2)24)17(15-9-25-26-10-15)8-20(29)28(21)16-3-4-16/h7-10,13-14,16H,3-6,11,24H2,1-2H3,(H,25,26)/t13-,14+/m0/s1. The first-order valence-electron chi connectivity index (χ1n) is 10.3. The van der Waals surface area contributed by atoms with E-state index < -0.39 is 0 Å². The number of aromatic nitrogens is 3. The fraction of sp³-hybridized carbons (Fsp3) is 0.455. The van der Waals surface area contributed by atoms with Crippen LogP contribution in [-0.2, 0) is 0 Å². The van der Waals surface area contributed by atoms with Crippen LogP contribution in [0.5, 0.6) is 0 Å². The van der Waals surface area contributed by atoms with Crippen LogP contribution in [0.3, 0.4) is 0 Å². The zero-order chi connectivity index (χ0) is 20.3. The molecule has 5 rings (SSSR count). The van der Waals surface area contributed by atoms with Gasteiger partial charge in [0.2, 0.25) is 0 Å². The maximum Gasteiger partial charge on any atom is 0.251 e. The molecule has 2 fully saturated rings. The van der Waals surface area contributed by atoms with Gasteiger partial charge in [-0.3, -0.25) is 9.89 Å². The molecule has 3 heterocycles. The lowest BCUT2D eigenvalue weighted by molar-refractivity contribution is 0.487. The molecule has 29 heavy (non-hydrogen) atoms. The van der Waals surface area contributed by atoms with E-state index in [0.717, 1.165) is 59.9 Å². The molecule has 2 aromatic heterocycles. The molecule has 1 aliphatic heterocycles. The minimum atomic E-state index is -0.244. The number of nitrogens with one attached hydrogen (secondary N) is 1. The maximum absolute atomic E-state index is 15.4. The van der Waals surface area contributed by atoms with Gasteiger partial charge in [0.25, 0.3) is 5.56 Å². The number of aromatic amines is 1. The highest BCUT2D eigenvalue weighted by Gasteiger charge is 2.32. The van der Waals surface area contributed by atoms with E-state index in [4.69, 9.17) is 5.73 Å². The molecular weight excluding hydrogens is 369 g/mol. The molecule has 2 atom stereocenters. The van der Waals surface area contributed by atoms with E-state index in [1.807, 2.05) is 18.4 Å². The number of H-pyrrole nitrogens is 1. The fourth-order valence-corrected chi connectivity index (χ4v) is 4.79. The Kier molecular flexibility index (Phi) is 4.24. The predicted molar refractivity (Wildman–Crippen MR) is 113 cm³/mol. The number of anilines is 1. The van der Waals surface area contributed by atoms with Crippen molar-refractivity contribution in [2.75, 3.05) is 18.0 Å². The van der Waals surface area contributed by atoms with E-state index in [1.54, 1.807) is 24.5 Å². The summed E-state index contributed by atoms with van der Waals surface area (Å²) in [5.74, 6) is 0.110. The van der Waals surface area contributed by atoms with Crippen LogP contribution in [0.1, 0.15) is 37.8 Å². The Morgan fingerprint density at radius 2 is 2.10 bits per heavy atom. The minimum absolute atomic E-state index is 0.0354. The number of aryl methyl sites for hydroxylation is 1. The largest absolute Gasteiger partial charge is 0.369 e. The van der Waals surface area contributed by atoms with Crippen LogP contribution in [0.25, 0.3) is 22.0 Å². The molecule has 0 radical (unpaired) electrons. The third-order valence-corrected chi connectivity index (χ3v) is 6.50. The predicted octanol–water partition coefficient (Wildman–Crippen LogP) is 3.35. The van der Waals surface area contributed by atoms with Gasteiger partial charge in [0, 0.05) is 48.4 Å². The molecule has 3 aromatic rings. The van der Waals surface area contributed by atoms with E-state index in [9.17, 15) is 4.79 Å². The van der Waals surface area contributed by atoms with Crippen LogP contribution in [0.4, 0.5) is 10.1 Å². The number of fused-ring (bicyclic) bond motifs is 1. The number of nitrogens with zero attached hydrogens (tertiary/aromatic N) is 3. The summed E-state index contributed by atoms with van der Waals surface area (Å²) in [7, 11) is 0. The van der Waals surface area contributed by atoms with E-state index in [-0.39, 0.29) is 23.5 Å². The van der Waals surface area contributed by atoms with Crippen LogP contribution >= 0.6 is 0 Å². The quantitative estimate of drug-likeness (QED) is 0.710. The van der Waals surface area contributed by atoms with E-state index in [1.165, 1.54) is 0 Å². The lowest BCUT2D eigenvalue weighted by Crippen LogP contribution is -2.30. The number of hydrogen-bond donors (Lipinski definition) is 2. The number of benzene rings is 1. The van der Waals surface area contributed by atoms with Crippen molar-refractivity contribution < 1.29 is 4.39 Å². The van der Waals surface area contributed by atoms with Gasteiger partial charge in [0.1, 0.15) is 5.82 Å². The van der Waals surface area contributed by atoms with Crippen LogP contribution in [-0.4, -0.2) is 33.9 Å². The van der Waals surface area contributed by atoms with Crippen LogP contribution in [0, 0.1) is 18.7 Å². The Labute approximate surface area is 168 Å². The highest BCUT2D eigenvalue weighted by molar-refractivity contribution is 5.98. The van der Waals surface area contributed by atoms with Crippen molar-refractivity contribution >= 4 is 16.6 Å². The fourth-order valence-electron chi connectivity index (χ4n) is 4.79. The average Bonchev–Trinajstić information content (AvgIpc) is 3.16. The van der Waals surface area contributed by atoms with Gasteiger partial charge in [0.05, 0.1) is 17.4 Å². The molecule has 1 saturated carbocycles. The number of rotatable bonds is 4. The molecule has 3 N–H and O–H groups in total. The van der Waals surface area contributed by atoms with Crippen molar-refractivity contribution in [2.45, 2.75) is 45.2 Å². The number of halogens is 1. The third kappa shape index (κ3) is 2.95. The minimum Gasteiger partial charge on any atom is -0.369 e. The van der Waals surface area contributed by atoms with Gasteiger partial charge in [0.15, 0.2) is 0 Å². The second-order valence-corrected chi connectivity index (χ2v) is 8.57. The van der Waals surface area contributed by atoms with Crippen LogP contribution < -0.4 is 16.2 Å². The van der Waals surface area contributed by atoms with Gasteiger partial charge >= 0.3 is 0 Å². The Morgan fingerprint density at radius 3 is 2.72 bits per heavy atom. The van der Waals surface area contributed by atoms with E-state index >= 15 is 4.39 Å². The first-order valence-corrected chi connectivity index (χ1v) is 10.3. The summed E-state index contributed by atoms with van der Waals surface area (Å²) in [6, 6.07) is 3.50. The van der Waals surface area contributed by atoms with Crippen molar-refractivity contribution in [2.24, 2.45) is 11.7 Å². The SMILES string of the molecule is Cc1c(N2CC[C@@H]([C@H](C)N)C2)c(F)cc2c(-c3cn[nH]c3)cc(=O)n(C3CC3)c12. The summed E-state index contributed by atoms with van der Waals surface area (Å²) in [5, 5.41) is 7.56. The van der Waals surface area contributed by atoms with Crippen molar-refractivity contribution in [3.63, 3.8) is 0 Å². The summed E-state index contributed by atoms with van der Waals surface area (Å²) >= 11 is 0. The lowest BCUT2D eigenvalue weighted by Gasteiger charge is -2.25.